The molecule has 1 atom stereocenters. The van der Waals surface area contributed by atoms with Crippen molar-refractivity contribution in [1.82, 2.24) is 20.3 Å². The second kappa shape index (κ2) is 10.5. The van der Waals surface area contributed by atoms with Gasteiger partial charge in [-0.1, -0.05) is 24.1 Å². The lowest BCUT2D eigenvalue weighted by atomic mass is 10.0. The first-order chi connectivity index (χ1) is 18.8. The van der Waals surface area contributed by atoms with Gasteiger partial charge >= 0.3 is 11.1 Å². The minimum absolute atomic E-state index is 0.0407. The van der Waals surface area contributed by atoms with E-state index in [-0.39, 0.29) is 34.2 Å². The van der Waals surface area contributed by atoms with E-state index in [0.717, 1.165) is 0 Å². The number of aromatic amines is 2. The summed E-state index contributed by atoms with van der Waals surface area (Å²) in [4.78, 5) is 60.8. The predicted octanol–water partition coefficient (Wildman–Crippen LogP) is 1.89. The Labute approximate surface area is 222 Å². The molecule has 1 aliphatic rings. The van der Waals surface area contributed by atoms with E-state index in [1.807, 2.05) is 35.2 Å². The maximum atomic E-state index is 12.7. The van der Waals surface area contributed by atoms with E-state index in [0.29, 0.717) is 42.4 Å². The molecule has 1 aliphatic heterocycles. The number of carbonyl (C=O) groups excluding carboxylic acids is 2. The van der Waals surface area contributed by atoms with Gasteiger partial charge in [0.1, 0.15) is 17.0 Å². The summed E-state index contributed by atoms with van der Waals surface area (Å²) in [6.45, 7) is 2.45. The average Bonchev–Trinajstić information content (AvgIpc) is 3.37. The lowest BCUT2D eigenvalue weighted by molar-refractivity contribution is -0.116. The number of anilines is 1. The van der Waals surface area contributed by atoms with Crippen LogP contribution in [0.2, 0.25) is 0 Å². The summed E-state index contributed by atoms with van der Waals surface area (Å²) in [5.74, 6) is 5.37. The number of ether oxygens (including phenoxy) is 1. The van der Waals surface area contributed by atoms with Crippen LogP contribution in [0, 0.1) is 11.8 Å². The van der Waals surface area contributed by atoms with Gasteiger partial charge in [-0.15, -0.1) is 0 Å². The highest BCUT2D eigenvalue weighted by atomic mass is 16.5. The normalized spacial score (nSPS) is 14.5. The van der Waals surface area contributed by atoms with Crippen molar-refractivity contribution in [2.45, 2.75) is 19.4 Å². The van der Waals surface area contributed by atoms with Crippen LogP contribution in [0.5, 0.6) is 11.5 Å². The zero-order valence-corrected chi connectivity index (χ0v) is 20.9. The van der Waals surface area contributed by atoms with Gasteiger partial charge in [-0.05, 0) is 55.7 Å². The maximum absolute atomic E-state index is 12.7. The summed E-state index contributed by atoms with van der Waals surface area (Å²) in [5, 5.41) is 2.85. The molecule has 1 fully saturated rings. The number of aromatic nitrogens is 3. The molecule has 2 aromatic heterocycles. The summed E-state index contributed by atoms with van der Waals surface area (Å²) < 4.78 is 5.86. The van der Waals surface area contributed by atoms with E-state index >= 15 is 0 Å². The highest BCUT2D eigenvalue weighted by molar-refractivity contribution is 6.11. The summed E-state index contributed by atoms with van der Waals surface area (Å²) in [7, 11) is 0. The second-order valence-electron chi connectivity index (χ2n) is 8.90. The van der Waals surface area contributed by atoms with Crippen molar-refractivity contribution in [2.24, 2.45) is 5.73 Å². The third kappa shape index (κ3) is 5.21. The Hall–Kier alpha value is -5.37. The molecule has 3 heterocycles. The van der Waals surface area contributed by atoms with Crippen LogP contribution < -0.4 is 31.8 Å². The van der Waals surface area contributed by atoms with Gasteiger partial charge in [0.2, 0.25) is 0 Å². The average molecular weight is 525 g/mol. The molecule has 0 unspecified atom stereocenters. The Balaban J connectivity index is 1.60. The van der Waals surface area contributed by atoms with Crippen LogP contribution in [0.1, 0.15) is 23.7 Å². The van der Waals surface area contributed by atoms with Crippen molar-refractivity contribution in [2.75, 3.05) is 18.0 Å². The molecule has 196 valence electrons. The summed E-state index contributed by atoms with van der Waals surface area (Å²) in [6, 6.07) is 16.0. The fourth-order valence-electron chi connectivity index (χ4n) is 4.55. The molecule has 39 heavy (non-hydrogen) atoms. The van der Waals surface area contributed by atoms with Gasteiger partial charge in [-0.2, -0.15) is 0 Å². The molecular formula is C28H24N6O5. The van der Waals surface area contributed by atoms with Crippen molar-refractivity contribution < 1.29 is 14.3 Å². The van der Waals surface area contributed by atoms with Crippen LogP contribution in [0.25, 0.3) is 22.3 Å². The van der Waals surface area contributed by atoms with E-state index < -0.39 is 17.0 Å². The molecule has 1 saturated heterocycles. The van der Waals surface area contributed by atoms with Crippen LogP contribution >= 0.6 is 0 Å². The first-order valence-corrected chi connectivity index (χ1v) is 12.2. The third-order valence-electron chi connectivity index (χ3n) is 6.28. The highest BCUT2D eigenvalue weighted by Gasteiger charge is 2.29. The van der Waals surface area contributed by atoms with Crippen LogP contribution in [0.3, 0.4) is 0 Å². The Bertz CT molecular complexity index is 1750. The SMILES string of the molecule is CC#CC(=O)N[C@H]1CCN(c2nc(-c3ccc(Oc4ccccc4)cc3)c(C(N)=O)c3[nH]c(=O)c(=O)[nH]c23)C1. The number of primary amides is 1. The molecule has 4 aromatic rings. The number of nitrogens with zero attached hydrogens (tertiary/aromatic N) is 2. The Morgan fingerprint density at radius 1 is 1.03 bits per heavy atom. The molecule has 5 N–H and O–H groups in total. The summed E-state index contributed by atoms with van der Waals surface area (Å²) in [5.41, 5.74) is 4.90. The van der Waals surface area contributed by atoms with Crippen molar-refractivity contribution in [3.8, 4) is 34.6 Å². The van der Waals surface area contributed by atoms with Gasteiger partial charge in [0, 0.05) is 24.7 Å². The zero-order chi connectivity index (χ0) is 27.5. The fourth-order valence-corrected chi connectivity index (χ4v) is 4.55. The number of hydrogen-bond acceptors (Lipinski definition) is 7. The molecule has 2 amide bonds. The minimum Gasteiger partial charge on any atom is -0.457 e. The van der Waals surface area contributed by atoms with Crippen molar-refractivity contribution in [3.63, 3.8) is 0 Å². The smallest absolute Gasteiger partial charge is 0.314 e. The summed E-state index contributed by atoms with van der Waals surface area (Å²) in [6.07, 6.45) is 0.603. The first-order valence-electron chi connectivity index (χ1n) is 12.2. The van der Waals surface area contributed by atoms with Crippen LogP contribution in [0.15, 0.2) is 64.2 Å². The number of pyridine rings is 1. The number of carbonyl (C=O) groups is 2. The Kier molecular flexibility index (Phi) is 6.84. The maximum Gasteiger partial charge on any atom is 0.314 e. The fraction of sp³-hybridized carbons (Fsp3) is 0.179. The van der Waals surface area contributed by atoms with Gasteiger partial charge in [0.15, 0.2) is 5.82 Å². The van der Waals surface area contributed by atoms with Gasteiger partial charge in [-0.3, -0.25) is 19.2 Å². The number of rotatable bonds is 6. The molecule has 0 aliphatic carbocycles. The quantitative estimate of drug-likeness (QED) is 0.221. The lowest BCUT2D eigenvalue weighted by Gasteiger charge is -2.22. The molecule has 5 rings (SSSR count). The van der Waals surface area contributed by atoms with E-state index in [2.05, 4.69) is 27.1 Å². The number of H-pyrrole nitrogens is 2. The number of nitrogens with one attached hydrogen (secondary N) is 3. The van der Waals surface area contributed by atoms with Gasteiger partial charge < -0.3 is 30.7 Å². The second-order valence-corrected chi connectivity index (χ2v) is 8.90. The molecule has 0 spiro atoms. The lowest BCUT2D eigenvalue weighted by Crippen LogP contribution is -2.37. The molecule has 2 aromatic carbocycles. The van der Waals surface area contributed by atoms with E-state index in [9.17, 15) is 19.2 Å². The molecule has 0 saturated carbocycles. The number of fused-ring (bicyclic) bond motifs is 1. The Morgan fingerprint density at radius 2 is 1.69 bits per heavy atom. The monoisotopic (exact) mass is 524 g/mol. The van der Waals surface area contributed by atoms with Gasteiger partial charge in [0.25, 0.3) is 11.8 Å². The minimum atomic E-state index is -0.926. The van der Waals surface area contributed by atoms with E-state index in [1.54, 1.807) is 31.2 Å². The number of nitrogens with two attached hydrogens (primary N) is 1. The molecule has 11 nitrogen and oxygen atoms in total. The zero-order valence-electron chi connectivity index (χ0n) is 20.9. The van der Waals surface area contributed by atoms with Crippen LogP contribution in [-0.2, 0) is 4.79 Å². The number of para-hydroxylation sites is 1. The van der Waals surface area contributed by atoms with E-state index in [1.165, 1.54) is 0 Å². The first kappa shape index (κ1) is 25.3. The topological polar surface area (TPSA) is 163 Å². The van der Waals surface area contributed by atoms with E-state index in [4.69, 9.17) is 15.5 Å². The number of hydrogen-bond donors (Lipinski definition) is 4. The number of benzene rings is 2. The standard InChI is InChI=1S/C28H24N6O5/c1-2-6-20(35)30-17-13-14-34(15-17)26-24-23(32-27(37)28(38)33-24)21(25(29)36)22(31-26)16-9-11-19(12-10-16)39-18-7-4-3-5-8-18/h3-5,7-12,17H,13-15H2,1H3,(H2,29,36)(H,30,35)(H,32,37)(H,33,38)/t17-/m0/s1. The largest absolute Gasteiger partial charge is 0.457 e. The third-order valence-corrected chi connectivity index (χ3v) is 6.28. The van der Waals surface area contributed by atoms with Crippen molar-refractivity contribution in [1.29, 1.82) is 0 Å². The van der Waals surface area contributed by atoms with Gasteiger partial charge in [0.05, 0.1) is 16.8 Å². The molecule has 11 heteroatoms. The number of amides is 2. The molecular weight excluding hydrogens is 500 g/mol. The van der Waals surface area contributed by atoms with Crippen LogP contribution in [0.4, 0.5) is 5.82 Å². The van der Waals surface area contributed by atoms with Crippen molar-refractivity contribution in [3.05, 3.63) is 80.9 Å². The van der Waals surface area contributed by atoms with Crippen LogP contribution in [-0.4, -0.2) is 45.9 Å². The van der Waals surface area contributed by atoms with Gasteiger partial charge in [-0.25, -0.2) is 4.98 Å². The van der Waals surface area contributed by atoms with Crippen molar-refractivity contribution >= 4 is 28.7 Å². The Morgan fingerprint density at radius 3 is 2.36 bits per heavy atom. The molecule has 0 bridgehead atoms. The highest BCUT2D eigenvalue weighted by Crippen LogP contribution is 2.34. The molecule has 0 radical (unpaired) electrons. The predicted molar refractivity (Wildman–Crippen MR) is 146 cm³/mol. The summed E-state index contributed by atoms with van der Waals surface area (Å²) >= 11 is 0.